The van der Waals surface area contributed by atoms with E-state index in [1.54, 1.807) is 0 Å². The summed E-state index contributed by atoms with van der Waals surface area (Å²) in [5.41, 5.74) is -0.539. The summed E-state index contributed by atoms with van der Waals surface area (Å²) in [5.74, 6) is -1.63. The van der Waals surface area contributed by atoms with Gasteiger partial charge in [0, 0.05) is 0 Å². The second-order valence-electron chi connectivity index (χ2n) is 1.60. The van der Waals surface area contributed by atoms with E-state index in [0.29, 0.717) is 0 Å². The molecule has 0 saturated carbocycles. The molecule has 0 aromatic heterocycles. The molecule has 11 heavy (non-hydrogen) atoms. The van der Waals surface area contributed by atoms with Crippen molar-refractivity contribution in [2.24, 2.45) is 0 Å². The van der Waals surface area contributed by atoms with Crippen LogP contribution in [-0.4, -0.2) is 18.9 Å². The quantitative estimate of drug-likeness (QED) is 0.268. The molecule has 0 atom stereocenters. The molecule has 7 heteroatoms. The molecule has 58 valence electrons. The molecule has 0 aromatic rings. The van der Waals surface area contributed by atoms with Crippen molar-refractivity contribution in [3.63, 3.8) is 0 Å². The van der Waals surface area contributed by atoms with Crippen LogP contribution in [0.15, 0.2) is 11.0 Å². The Labute approximate surface area is 86.1 Å². The SMILES string of the molecule is CC(=CS(=O)(=O)O)C(=O)[O-].[Na+]. The number of carboxylic acid groups (broad SMARTS) is 1. The minimum absolute atomic E-state index is 0. The van der Waals surface area contributed by atoms with E-state index in [1.807, 2.05) is 0 Å². The molecule has 0 fully saturated rings. The van der Waals surface area contributed by atoms with E-state index in [4.69, 9.17) is 4.55 Å². The molecule has 0 aromatic carbocycles. The predicted octanol–water partition coefficient (Wildman–Crippen LogP) is -4.47. The van der Waals surface area contributed by atoms with E-state index < -0.39 is 21.7 Å². The van der Waals surface area contributed by atoms with Crippen LogP contribution < -0.4 is 34.7 Å². The third-order valence-electron chi connectivity index (χ3n) is 0.648. The summed E-state index contributed by atoms with van der Waals surface area (Å²) in [7, 11) is -4.35. The van der Waals surface area contributed by atoms with Gasteiger partial charge in [-0.1, -0.05) is 0 Å². The minimum Gasteiger partial charge on any atom is -0.545 e. The van der Waals surface area contributed by atoms with Crippen molar-refractivity contribution >= 4 is 16.1 Å². The number of carbonyl (C=O) groups excluding carboxylic acids is 1. The van der Waals surface area contributed by atoms with Crippen molar-refractivity contribution in [1.29, 1.82) is 0 Å². The zero-order valence-electron chi connectivity index (χ0n) is 6.07. The van der Waals surface area contributed by atoms with Gasteiger partial charge in [-0.3, -0.25) is 4.55 Å². The van der Waals surface area contributed by atoms with E-state index in [9.17, 15) is 18.3 Å². The Kier molecular flexibility index (Phi) is 6.09. The fraction of sp³-hybridized carbons (Fsp3) is 0.250. The number of hydrogen-bond acceptors (Lipinski definition) is 4. The predicted molar refractivity (Wildman–Crippen MR) is 30.3 cm³/mol. The molecule has 0 aliphatic rings. The Bertz CT molecular complexity index is 264. The number of aliphatic carboxylic acids is 1. The van der Waals surface area contributed by atoms with Crippen LogP contribution in [0.1, 0.15) is 6.92 Å². The average Bonchev–Trinajstić information content (AvgIpc) is 1.60. The van der Waals surface area contributed by atoms with Gasteiger partial charge in [0.15, 0.2) is 0 Å². The molecule has 0 heterocycles. The molecular weight excluding hydrogens is 183 g/mol. The minimum atomic E-state index is -4.35. The first-order valence-corrected chi connectivity index (χ1v) is 3.70. The third kappa shape index (κ3) is 8.02. The Morgan fingerprint density at radius 3 is 2.00 bits per heavy atom. The van der Waals surface area contributed by atoms with Gasteiger partial charge in [0.25, 0.3) is 10.1 Å². The van der Waals surface area contributed by atoms with Crippen molar-refractivity contribution in [2.75, 3.05) is 0 Å². The van der Waals surface area contributed by atoms with Gasteiger partial charge in [-0.2, -0.15) is 8.42 Å². The molecule has 0 bridgehead atoms. The van der Waals surface area contributed by atoms with Gasteiger partial charge in [-0.15, -0.1) is 0 Å². The summed E-state index contributed by atoms with van der Waals surface area (Å²) in [6.07, 6.45) is 0. The van der Waals surface area contributed by atoms with Gasteiger partial charge < -0.3 is 9.90 Å². The summed E-state index contributed by atoms with van der Waals surface area (Å²) < 4.78 is 27.9. The van der Waals surface area contributed by atoms with Gasteiger partial charge in [0.05, 0.1) is 11.4 Å². The van der Waals surface area contributed by atoms with Gasteiger partial charge in [-0.05, 0) is 12.5 Å². The normalized spacial score (nSPS) is 12.0. The number of carboxylic acids is 1. The number of carbonyl (C=O) groups is 1. The second-order valence-corrected chi connectivity index (χ2v) is 2.87. The molecule has 0 amide bonds. The zero-order valence-corrected chi connectivity index (χ0v) is 8.88. The Hall–Kier alpha value is 0.120. The second kappa shape index (κ2) is 4.89. The fourth-order valence-corrected chi connectivity index (χ4v) is 0.815. The van der Waals surface area contributed by atoms with E-state index in [0.717, 1.165) is 6.92 Å². The summed E-state index contributed by atoms with van der Waals surface area (Å²) in [6.45, 7) is 1.00. The van der Waals surface area contributed by atoms with Crippen LogP contribution in [0.25, 0.3) is 0 Å². The van der Waals surface area contributed by atoms with E-state index in [1.165, 1.54) is 0 Å². The van der Waals surface area contributed by atoms with Crippen LogP contribution in [0, 0.1) is 0 Å². The monoisotopic (exact) mass is 188 g/mol. The van der Waals surface area contributed by atoms with E-state index >= 15 is 0 Å². The van der Waals surface area contributed by atoms with Crippen LogP contribution in [-0.2, 0) is 14.9 Å². The molecule has 0 unspecified atom stereocenters. The topological polar surface area (TPSA) is 94.5 Å². The molecule has 0 aliphatic heterocycles. The first-order valence-electron chi connectivity index (χ1n) is 2.20. The van der Waals surface area contributed by atoms with Crippen LogP contribution >= 0.6 is 0 Å². The first-order chi connectivity index (χ1) is 4.33. The van der Waals surface area contributed by atoms with Gasteiger partial charge in [-0.25, -0.2) is 0 Å². The van der Waals surface area contributed by atoms with Crippen LogP contribution in [0.5, 0.6) is 0 Å². The summed E-state index contributed by atoms with van der Waals surface area (Å²) in [6, 6.07) is 0. The van der Waals surface area contributed by atoms with Gasteiger partial charge in [0.1, 0.15) is 0 Å². The van der Waals surface area contributed by atoms with E-state index in [-0.39, 0.29) is 35.0 Å². The zero-order chi connectivity index (χ0) is 8.36. The molecule has 0 aliphatic carbocycles. The largest absolute Gasteiger partial charge is 1.00 e. The molecule has 0 spiro atoms. The van der Waals surface area contributed by atoms with Crippen molar-refractivity contribution in [3.8, 4) is 0 Å². The van der Waals surface area contributed by atoms with Gasteiger partial charge >= 0.3 is 29.6 Å². The van der Waals surface area contributed by atoms with Crippen LogP contribution in [0.2, 0.25) is 0 Å². The molecule has 1 N–H and O–H groups in total. The average molecular weight is 188 g/mol. The van der Waals surface area contributed by atoms with Crippen molar-refractivity contribution in [2.45, 2.75) is 6.92 Å². The first kappa shape index (κ1) is 13.7. The summed E-state index contributed by atoms with van der Waals surface area (Å²) >= 11 is 0. The number of rotatable bonds is 2. The van der Waals surface area contributed by atoms with E-state index in [2.05, 4.69) is 0 Å². The molecule has 0 rings (SSSR count). The molecule has 0 radical (unpaired) electrons. The van der Waals surface area contributed by atoms with Crippen molar-refractivity contribution in [3.05, 3.63) is 11.0 Å². The summed E-state index contributed by atoms with van der Waals surface area (Å²) in [5, 5.41) is 10.0. The smallest absolute Gasteiger partial charge is 0.545 e. The fourth-order valence-electron chi connectivity index (χ4n) is 0.272. The third-order valence-corrected chi connectivity index (χ3v) is 1.30. The number of hydrogen-bond donors (Lipinski definition) is 1. The van der Waals surface area contributed by atoms with Crippen molar-refractivity contribution < 1.29 is 52.4 Å². The molecular formula is C4H5NaO5S. The maximum atomic E-state index is 9.93. The standard InChI is InChI=1S/C4H6O5S.Na/c1-3(4(5)6)2-10(7,8)9;/h2H,1H3,(H,5,6)(H,7,8,9);/q;+1/p-1. The molecule has 0 saturated heterocycles. The Balaban J connectivity index is 0. The van der Waals surface area contributed by atoms with Gasteiger partial charge in [0.2, 0.25) is 0 Å². The maximum absolute atomic E-state index is 9.93. The molecule has 5 nitrogen and oxygen atoms in total. The van der Waals surface area contributed by atoms with Crippen LogP contribution in [0.3, 0.4) is 0 Å². The summed E-state index contributed by atoms with van der Waals surface area (Å²) in [4.78, 5) is 9.82. The Morgan fingerprint density at radius 1 is 1.55 bits per heavy atom. The maximum Gasteiger partial charge on any atom is 1.00 e. The van der Waals surface area contributed by atoms with Crippen LogP contribution in [0.4, 0.5) is 0 Å². The van der Waals surface area contributed by atoms with Crippen molar-refractivity contribution in [1.82, 2.24) is 0 Å². The Morgan fingerprint density at radius 2 is 1.91 bits per heavy atom.